The van der Waals surface area contributed by atoms with Gasteiger partial charge in [-0.05, 0) is 124 Å². The minimum absolute atomic E-state index is 0.0401. The molecule has 5 aliphatic heterocycles. The van der Waals surface area contributed by atoms with Crippen molar-refractivity contribution in [1.82, 2.24) is 42.5 Å². The Balaban J connectivity index is 0.932. The molecule has 4 saturated carbocycles. The first kappa shape index (κ1) is 47.8. The maximum Gasteiger partial charge on any atom is 0.303 e. The summed E-state index contributed by atoms with van der Waals surface area (Å²) in [4.78, 5) is 15.7. The summed E-state index contributed by atoms with van der Waals surface area (Å²) >= 11 is 6.34. The standard InChI is InChI=1S/C55H76N8O3S3/c1-31-26-27-39(67-32-15-5-2-6-16-32)45-43(31)51-60-53(45)62-52-44-37(23-13-24-38(44)66-30-14-25-42(64)65)50(59-52)57-48-35-21-11-12-22-36(35)49(56-48)58-54-46-40(68-33-17-7-3-8-18-33)28-29-41(47(46)55(61-51)63-54)69-34-19-9-4-10-20-34/h2-10,15-20,31,35-41,43-63H,11-14,21-30H2,1H3,(H,64,65). The van der Waals surface area contributed by atoms with Gasteiger partial charge in [-0.25, -0.2) is 0 Å². The summed E-state index contributed by atoms with van der Waals surface area (Å²) in [6.45, 7) is 3.03. The number of fused-ring (bicyclic) bond motifs is 20. The van der Waals surface area contributed by atoms with Crippen LogP contribution in [0.15, 0.2) is 106 Å². The van der Waals surface area contributed by atoms with E-state index in [0.717, 1.165) is 19.3 Å². The van der Waals surface area contributed by atoms with E-state index >= 15 is 0 Å². The molecular weight excluding hydrogens is 917 g/mol. The molecule has 21 unspecified atom stereocenters. The first-order valence-corrected chi connectivity index (χ1v) is 29.6. The van der Waals surface area contributed by atoms with Crippen molar-refractivity contribution in [2.45, 2.75) is 176 Å². The zero-order valence-corrected chi connectivity index (χ0v) is 42.6. The predicted octanol–water partition coefficient (Wildman–Crippen LogP) is 8.02. The van der Waals surface area contributed by atoms with Crippen molar-refractivity contribution in [1.29, 1.82) is 0 Å². The van der Waals surface area contributed by atoms with E-state index in [9.17, 15) is 9.90 Å². The van der Waals surface area contributed by atoms with Gasteiger partial charge in [-0.15, -0.1) is 35.3 Å². The highest BCUT2D eigenvalue weighted by Gasteiger charge is 2.60. The van der Waals surface area contributed by atoms with Gasteiger partial charge in [0.2, 0.25) is 0 Å². The molecule has 4 aliphatic carbocycles. The van der Waals surface area contributed by atoms with Gasteiger partial charge >= 0.3 is 5.97 Å². The third-order valence-corrected chi connectivity index (χ3v) is 22.5. The predicted molar refractivity (Wildman–Crippen MR) is 278 cm³/mol. The molecule has 0 amide bonds. The van der Waals surface area contributed by atoms with Gasteiger partial charge in [-0.2, -0.15) is 0 Å². The monoisotopic (exact) mass is 993 g/mol. The van der Waals surface area contributed by atoms with Crippen LogP contribution in [0.1, 0.15) is 90.4 Å². The van der Waals surface area contributed by atoms with Gasteiger partial charge in [0, 0.05) is 67.1 Å². The summed E-state index contributed by atoms with van der Waals surface area (Å²) in [6, 6.07) is 33.6. The van der Waals surface area contributed by atoms with E-state index in [1.165, 1.54) is 66.1 Å². The average molecular weight is 993 g/mol. The van der Waals surface area contributed by atoms with Crippen LogP contribution in [0.2, 0.25) is 0 Å². The number of ether oxygens (including phenoxy) is 1. The molecule has 0 aromatic heterocycles. The van der Waals surface area contributed by atoms with Crippen LogP contribution in [0, 0.1) is 53.3 Å². The molecule has 9 N–H and O–H groups in total. The molecule has 3 aromatic rings. The van der Waals surface area contributed by atoms with Crippen molar-refractivity contribution in [3.05, 3.63) is 91.0 Å². The lowest BCUT2D eigenvalue weighted by molar-refractivity contribution is -0.137. The first-order chi connectivity index (χ1) is 33.9. The Morgan fingerprint density at radius 1 is 0.478 bits per heavy atom. The number of benzene rings is 3. The van der Waals surface area contributed by atoms with E-state index < -0.39 is 5.97 Å². The number of carboxylic acid groups (broad SMARTS) is 1. The number of rotatable bonds is 11. The SMILES string of the molecule is CC1CCC(Sc2ccccc2)C2C3NC4NC(NC5NC(NC6NC(NC(N3)C12)C1C(Sc2ccccc2)CCC(Sc2ccccc2)C61)C1CCCCC51)C1CCCC(OCCCC(=O)O)C41. The molecule has 372 valence electrons. The Hall–Kier alpha value is -2.18. The zero-order valence-electron chi connectivity index (χ0n) is 40.2. The highest BCUT2D eigenvalue weighted by molar-refractivity contribution is 8.00. The second-order valence-electron chi connectivity index (χ2n) is 22.2. The van der Waals surface area contributed by atoms with E-state index in [1.54, 1.807) is 0 Å². The molecule has 5 heterocycles. The lowest BCUT2D eigenvalue weighted by atomic mass is 9.71. The van der Waals surface area contributed by atoms with Gasteiger partial charge in [0.05, 0.1) is 55.4 Å². The fraction of sp³-hybridized carbons (Fsp3) is 0.655. The highest BCUT2D eigenvalue weighted by atomic mass is 32.2. The van der Waals surface area contributed by atoms with Crippen LogP contribution >= 0.6 is 35.3 Å². The van der Waals surface area contributed by atoms with Crippen LogP contribution < -0.4 is 42.5 Å². The van der Waals surface area contributed by atoms with Crippen molar-refractivity contribution in [3.63, 3.8) is 0 Å². The van der Waals surface area contributed by atoms with Crippen molar-refractivity contribution in [2.75, 3.05) is 6.61 Å². The van der Waals surface area contributed by atoms with Crippen molar-refractivity contribution in [3.8, 4) is 0 Å². The van der Waals surface area contributed by atoms with Gasteiger partial charge in [-0.1, -0.05) is 80.8 Å². The third kappa shape index (κ3) is 9.99. The molecular formula is C55H76N8O3S3. The maximum absolute atomic E-state index is 11.6. The Morgan fingerprint density at radius 3 is 1.36 bits per heavy atom. The normalized spacial score (nSPS) is 43.6. The smallest absolute Gasteiger partial charge is 0.303 e. The summed E-state index contributed by atoms with van der Waals surface area (Å²) in [5.74, 6) is 3.21. The minimum Gasteiger partial charge on any atom is -0.481 e. The van der Waals surface area contributed by atoms with Gasteiger partial charge in [-0.3, -0.25) is 47.3 Å². The molecule has 0 spiro atoms. The minimum atomic E-state index is -0.748. The average Bonchev–Trinajstić information content (AvgIpc) is 4.12. The molecule has 21 atom stereocenters. The summed E-state index contributed by atoms with van der Waals surface area (Å²) in [5, 5.41) is 46.0. The van der Waals surface area contributed by atoms with Crippen LogP contribution in [-0.4, -0.2) is 88.9 Å². The lowest BCUT2D eigenvalue weighted by Gasteiger charge is -2.44. The Labute approximate surface area is 423 Å². The number of nitrogens with one attached hydrogen (secondary N) is 8. The van der Waals surface area contributed by atoms with Gasteiger partial charge in [0.25, 0.3) is 0 Å². The quantitative estimate of drug-likeness (QED) is 0.0857. The molecule has 12 rings (SSSR count). The van der Waals surface area contributed by atoms with E-state index in [-0.39, 0.29) is 67.8 Å². The van der Waals surface area contributed by atoms with Crippen LogP contribution in [0.5, 0.6) is 0 Å². The number of hydrogen-bond donors (Lipinski definition) is 9. The maximum atomic E-state index is 11.6. The van der Waals surface area contributed by atoms with Gasteiger partial charge < -0.3 is 9.84 Å². The first-order valence-electron chi connectivity index (χ1n) is 27.0. The number of hydrogen-bond acceptors (Lipinski definition) is 13. The van der Waals surface area contributed by atoms with E-state index in [2.05, 4.69) is 176 Å². The molecule has 11 nitrogen and oxygen atoms in total. The molecule has 14 heteroatoms. The van der Waals surface area contributed by atoms with Gasteiger partial charge in [0.1, 0.15) is 0 Å². The van der Waals surface area contributed by atoms with Crippen LogP contribution in [0.4, 0.5) is 0 Å². The highest BCUT2D eigenvalue weighted by Crippen LogP contribution is 2.53. The summed E-state index contributed by atoms with van der Waals surface area (Å²) < 4.78 is 6.81. The molecule has 5 saturated heterocycles. The second kappa shape index (κ2) is 21.3. The molecule has 9 fully saturated rings. The van der Waals surface area contributed by atoms with Crippen molar-refractivity contribution >= 4 is 41.3 Å². The zero-order chi connectivity index (χ0) is 46.4. The fourth-order valence-electron chi connectivity index (χ4n) is 15.5. The lowest BCUT2D eigenvalue weighted by Crippen LogP contribution is -2.62. The Morgan fingerprint density at radius 2 is 0.870 bits per heavy atom. The van der Waals surface area contributed by atoms with Crippen molar-refractivity contribution in [2.24, 2.45) is 53.3 Å². The molecule has 8 bridgehead atoms. The molecule has 0 radical (unpaired) electrons. The topological polar surface area (TPSA) is 143 Å². The van der Waals surface area contributed by atoms with E-state index in [0.29, 0.717) is 76.1 Å². The molecule has 3 aromatic carbocycles. The second-order valence-corrected chi connectivity index (χ2v) is 26.1. The van der Waals surface area contributed by atoms with Gasteiger partial charge in [0.15, 0.2) is 0 Å². The van der Waals surface area contributed by atoms with E-state index in [4.69, 9.17) is 4.74 Å². The summed E-state index contributed by atoms with van der Waals surface area (Å²) in [5.41, 5.74) is 0. The number of carbonyl (C=O) groups is 1. The third-order valence-electron chi connectivity index (χ3n) is 18.3. The van der Waals surface area contributed by atoms with E-state index in [1.807, 2.05) is 0 Å². The number of thioether (sulfide) groups is 3. The molecule has 69 heavy (non-hydrogen) atoms. The molecule has 9 aliphatic rings. The van der Waals surface area contributed by atoms with Crippen molar-refractivity contribution < 1.29 is 14.6 Å². The van der Waals surface area contributed by atoms with Crippen LogP contribution in [-0.2, 0) is 9.53 Å². The summed E-state index contributed by atoms with van der Waals surface area (Å²) in [7, 11) is 0. The number of aliphatic carboxylic acids is 1. The Kier molecular flexibility index (Phi) is 14.8. The fourth-order valence-corrected chi connectivity index (χ4v) is 19.7. The number of carboxylic acids is 1. The largest absolute Gasteiger partial charge is 0.481 e. The Bertz CT molecular complexity index is 2170. The summed E-state index contributed by atoms with van der Waals surface area (Å²) in [6.07, 6.45) is 15.0. The van der Waals surface area contributed by atoms with Crippen LogP contribution in [0.25, 0.3) is 0 Å². The van der Waals surface area contributed by atoms with Crippen LogP contribution in [0.3, 0.4) is 0 Å².